The van der Waals surface area contributed by atoms with Gasteiger partial charge in [-0.1, -0.05) is 66.2 Å². The first-order valence-electron chi connectivity index (χ1n) is 11.1. The van der Waals surface area contributed by atoms with Gasteiger partial charge in [0.15, 0.2) is 5.82 Å². The van der Waals surface area contributed by atoms with Crippen LogP contribution in [-0.2, 0) is 6.42 Å². The number of benzene rings is 4. The highest BCUT2D eigenvalue weighted by atomic mass is 16.3. The van der Waals surface area contributed by atoms with Crippen LogP contribution in [0.25, 0.3) is 22.0 Å². The molecule has 34 heavy (non-hydrogen) atoms. The number of aromatic hydroxyl groups is 1. The molecule has 5 nitrogen and oxygen atoms in total. The lowest BCUT2D eigenvalue weighted by Crippen LogP contribution is -2.16. The molecule has 0 spiro atoms. The van der Waals surface area contributed by atoms with Gasteiger partial charge in [0.1, 0.15) is 5.75 Å². The summed E-state index contributed by atoms with van der Waals surface area (Å²) >= 11 is 0. The average molecular weight is 446 g/mol. The Hall–Kier alpha value is -4.51. The molecule has 0 aliphatic rings. The van der Waals surface area contributed by atoms with Crippen LogP contribution in [0.3, 0.4) is 0 Å². The minimum Gasteiger partial charge on any atom is -0.508 e. The Kier molecular flexibility index (Phi) is 5.75. The highest BCUT2D eigenvalue weighted by Gasteiger charge is 2.16. The Morgan fingerprint density at radius 1 is 0.912 bits per heavy atom. The van der Waals surface area contributed by atoms with E-state index in [2.05, 4.69) is 16.4 Å². The van der Waals surface area contributed by atoms with Gasteiger partial charge in [-0.3, -0.25) is 4.79 Å². The van der Waals surface area contributed by atoms with E-state index in [0.29, 0.717) is 29.2 Å². The molecule has 0 fully saturated rings. The molecule has 0 atom stereocenters. The molecule has 0 saturated heterocycles. The van der Waals surface area contributed by atoms with Crippen LogP contribution in [0.1, 0.15) is 27.2 Å². The number of rotatable bonds is 5. The predicted molar refractivity (Wildman–Crippen MR) is 135 cm³/mol. The Labute approximate surface area is 197 Å². The van der Waals surface area contributed by atoms with Gasteiger partial charge in [0.05, 0.1) is 17.6 Å². The third kappa shape index (κ3) is 4.50. The number of phenolic OH excluding ortho intramolecular Hbond substituents is 1. The number of anilines is 1. The van der Waals surface area contributed by atoms with Crippen molar-refractivity contribution < 1.29 is 9.90 Å². The van der Waals surface area contributed by atoms with Crippen molar-refractivity contribution in [2.45, 2.75) is 13.3 Å². The molecule has 1 aromatic heterocycles. The molecular formula is C29H23N3O2. The highest BCUT2D eigenvalue weighted by Crippen LogP contribution is 2.25. The zero-order chi connectivity index (χ0) is 23.5. The van der Waals surface area contributed by atoms with Crippen molar-refractivity contribution >= 4 is 22.5 Å². The molecule has 0 bridgehead atoms. The number of carbonyl (C=O) groups excluding carboxylic acids is 1. The van der Waals surface area contributed by atoms with Crippen LogP contribution in [0.2, 0.25) is 0 Å². The number of nitrogens with one attached hydrogen (secondary N) is 1. The molecular weight excluding hydrogens is 422 g/mol. The van der Waals surface area contributed by atoms with Gasteiger partial charge in [-0.15, -0.1) is 0 Å². The van der Waals surface area contributed by atoms with Crippen LogP contribution in [0.15, 0.2) is 97.2 Å². The van der Waals surface area contributed by atoms with Gasteiger partial charge in [-0.05, 0) is 53.6 Å². The van der Waals surface area contributed by atoms with E-state index in [4.69, 9.17) is 4.98 Å². The molecule has 0 saturated carbocycles. The lowest BCUT2D eigenvalue weighted by atomic mass is 10.0. The number of fused-ring (bicyclic) bond motifs is 1. The van der Waals surface area contributed by atoms with Crippen molar-refractivity contribution in [2.24, 2.45) is 0 Å². The fourth-order valence-corrected chi connectivity index (χ4v) is 3.99. The second-order valence-electron chi connectivity index (χ2n) is 8.24. The number of phenols is 1. The number of nitrogens with zero attached hydrogens (tertiary/aromatic N) is 2. The first-order valence-corrected chi connectivity index (χ1v) is 11.1. The summed E-state index contributed by atoms with van der Waals surface area (Å²) in [5.74, 6) is 0.395. The first-order chi connectivity index (χ1) is 16.6. The summed E-state index contributed by atoms with van der Waals surface area (Å²) in [5, 5.41) is 14.5. The normalized spacial score (nSPS) is 10.9. The summed E-state index contributed by atoms with van der Waals surface area (Å²) in [6.45, 7) is 2.04. The second kappa shape index (κ2) is 9.16. The predicted octanol–water partition coefficient (Wildman–Crippen LogP) is 6.15. The molecule has 0 unspecified atom stereocenters. The molecule has 1 heterocycles. The molecule has 2 N–H and O–H groups in total. The maximum Gasteiger partial charge on any atom is 0.257 e. The summed E-state index contributed by atoms with van der Waals surface area (Å²) in [4.78, 5) is 22.7. The van der Waals surface area contributed by atoms with Gasteiger partial charge in [0.2, 0.25) is 0 Å². The Morgan fingerprint density at radius 2 is 1.71 bits per heavy atom. The fourth-order valence-electron chi connectivity index (χ4n) is 3.99. The van der Waals surface area contributed by atoms with E-state index in [1.807, 2.05) is 67.6 Å². The van der Waals surface area contributed by atoms with Crippen LogP contribution < -0.4 is 5.32 Å². The Balaban J connectivity index is 1.52. The third-order valence-electron chi connectivity index (χ3n) is 5.73. The second-order valence-corrected chi connectivity index (χ2v) is 8.24. The minimum atomic E-state index is -0.226. The van der Waals surface area contributed by atoms with Gasteiger partial charge in [0.25, 0.3) is 5.91 Å². The molecule has 5 heteroatoms. The fraction of sp³-hybridized carbons (Fsp3) is 0.0690. The van der Waals surface area contributed by atoms with Crippen molar-refractivity contribution in [2.75, 3.05) is 5.32 Å². The monoisotopic (exact) mass is 445 g/mol. The van der Waals surface area contributed by atoms with Crippen LogP contribution in [0, 0.1) is 6.92 Å². The van der Waals surface area contributed by atoms with E-state index >= 15 is 0 Å². The number of amides is 1. The Morgan fingerprint density at radius 3 is 2.50 bits per heavy atom. The van der Waals surface area contributed by atoms with Gasteiger partial charge in [-0.2, -0.15) is 0 Å². The van der Waals surface area contributed by atoms with E-state index in [-0.39, 0.29) is 11.7 Å². The lowest BCUT2D eigenvalue weighted by Gasteiger charge is -2.13. The zero-order valence-corrected chi connectivity index (χ0v) is 18.7. The number of hydrogen-bond donors (Lipinski definition) is 2. The zero-order valence-electron chi connectivity index (χ0n) is 18.7. The van der Waals surface area contributed by atoms with E-state index in [1.165, 1.54) is 0 Å². The topological polar surface area (TPSA) is 75.1 Å². The summed E-state index contributed by atoms with van der Waals surface area (Å²) in [6, 6.07) is 28.5. The standard InChI is InChI=1S/C29H23N3O2/c1-19-10-15-24-22(16-19)8-5-9-25(24)29(34)32-28-26(17-20-6-3-2-4-7-20)31-27(18-30-28)21-11-13-23(33)14-12-21/h2-16,18,33H,17H2,1H3,(H,30,32,34). The number of carbonyl (C=O) groups is 1. The number of aromatic nitrogens is 2. The maximum atomic E-state index is 13.3. The summed E-state index contributed by atoms with van der Waals surface area (Å²) in [5.41, 5.74) is 4.97. The summed E-state index contributed by atoms with van der Waals surface area (Å²) < 4.78 is 0. The van der Waals surface area contributed by atoms with Crippen LogP contribution >= 0.6 is 0 Å². The third-order valence-corrected chi connectivity index (χ3v) is 5.73. The largest absolute Gasteiger partial charge is 0.508 e. The van der Waals surface area contributed by atoms with Crippen LogP contribution in [0.4, 0.5) is 5.82 Å². The molecule has 0 aliphatic carbocycles. The number of aryl methyl sites for hydroxylation is 1. The SMILES string of the molecule is Cc1ccc2c(C(=O)Nc3ncc(-c4ccc(O)cc4)nc3Cc3ccccc3)cccc2c1. The molecule has 166 valence electrons. The molecule has 5 rings (SSSR count). The van der Waals surface area contributed by atoms with Crippen LogP contribution in [0.5, 0.6) is 5.75 Å². The van der Waals surface area contributed by atoms with Gasteiger partial charge in [0, 0.05) is 17.5 Å². The molecule has 0 aliphatic heterocycles. The highest BCUT2D eigenvalue weighted by molar-refractivity contribution is 6.12. The van der Waals surface area contributed by atoms with Crippen molar-refractivity contribution in [3.8, 4) is 17.0 Å². The molecule has 5 aromatic rings. The summed E-state index contributed by atoms with van der Waals surface area (Å²) in [6.07, 6.45) is 2.16. The first kappa shape index (κ1) is 21.3. The van der Waals surface area contributed by atoms with Crippen molar-refractivity contribution in [1.29, 1.82) is 0 Å². The minimum absolute atomic E-state index is 0.190. The number of hydrogen-bond acceptors (Lipinski definition) is 4. The van der Waals surface area contributed by atoms with Crippen molar-refractivity contribution in [3.05, 3.63) is 120 Å². The average Bonchev–Trinajstić information content (AvgIpc) is 2.85. The van der Waals surface area contributed by atoms with Crippen molar-refractivity contribution in [1.82, 2.24) is 9.97 Å². The maximum absolute atomic E-state index is 13.3. The molecule has 1 amide bonds. The lowest BCUT2D eigenvalue weighted by molar-refractivity contribution is 0.102. The quantitative estimate of drug-likeness (QED) is 0.340. The van der Waals surface area contributed by atoms with E-state index < -0.39 is 0 Å². The van der Waals surface area contributed by atoms with Crippen LogP contribution in [-0.4, -0.2) is 21.0 Å². The molecule has 0 radical (unpaired) electrons. The smallest absolute Gasteiger partial charge is 0.257 e. The van der Waals surface area contributed by atoms with E-state index in [1.54, 1.807) is 30.5 Å². The van der Waals surface area contributed by atoms with Gasteiger partial charge >= 0.3 is 0 Å². The van der Waals surface area contributed by atoms with E-state index in [9.17, 15) is 9.90 Å². The Bertz CT molecular complexity index is 1480. The molecule has 4 aromatic carbocycles. The van der Waals surface area contributed by atoms with Gasteiger partial charge < -0.3 is 10.4 Å². The van der Waals surface area contributed by atoms with Gasteiger partial charge in [-0.25, -0.2) is 9.97 Å². The summed E-state index contributed by atoms with van der Waals surface area (Å²) in [7, 11) is 0. The van der Waals surface area contributed by atoms with Crippen molar-refractivity contribution in [3.63, 3.8) is 0 Å². The van der Waals surface area contributed by atoms with E-state index in [0.717, 1.165) is 27.5 Å².